The number of nitrogens with zero attached hydrogens (tertiary/aromatic N) is 2. The molecule has 1 aromatic heterocycles. The molecule has 1 heterocycles. The van der Waals surface area contributed by atoms with E-state index >= 15 is 0 Å². The summed E-state index contributed by atoms with van der Waals surface area (Å²) in [6.07, 6.45) is 0.975. The highest BCUT2D eigenvalue weighted by Crippen LogP contribution is 2.20. The van der Waals surface area contributed by atoms with Crippen LogP contribution in [0, 0.1) is 0 Å². The summed E-state index contributed by atoms with van der Waals surface area (Å²) in [5.41, 5.74) is 2.59. The second-order valence-electron chi connectivity index (χ2n) is 7.96. The molecule has 3 aromatic carbocycles. The van der Waals surface area contributed by atoms with Crippen molar-refractivity contribution < 1.29 is 16.8 Å². The van der Waals surface area contributed by atoms with Crippen molar-refractivity contribution in [3.8, 4) is 0 Å². The first-order valence-corrected chi connectivity index (χ1v) is 14.1. The molecule has 0 saturated carbocycles. The minimum Gasteiger partial charge on any atom is -0.223 e. The van der Waals surface area contributed by atoms with Crippen LogP contribution in [0.5, 0.6) is 0 Å². The van der Waals surface area contributed by atoms with E-state index in [1.807, 2.05) is 30.3 Å². The van der Waals surface area contributed by atoms with Gasteiger partial charge in [0.15, 0.2) is 14.9 Å². The third-order valence-electron chi connectivity index (χ3n) is 5.24. The predicted octanol–water partition coefficient (Wildman–Crippen LogP) is 4.21. The highest BCUT2D eigenvalue weighted by atomic mass is 32.2. The van der Waals surface area contributed by atoms with Crippen molar-refractivity contribution in [1.82, 2.24) is 9.97 Å². The van der Waals surface area contributed by atoms with E-state index in [4.69, 9.17) is 0 Å². The van der Waals surface area contributed by atoms with E-state index in [-0.39, 0.29) is 16.5 Å². The smallest absolute Gasteiger partial charge is 0.223 e. The lowest BCUT2D eigenvalue weighted by atomic mass is 10.1. The Morgan fingerprint density at radius 2 is 1.00 bits per heavy atom. The van der Waals surface area contributed by atoms with Crippen molar-refractivity contribution in [1.29, 1.82) is 0 Å². The molecule has 8 heteroatoms. The molecular formula is C26H24N2O4S2. The standard InChI is InChI=1S/C26H24N2O4S2/c29-33(30,19-22-12-6-2-7-13-22)25-18-24(17-16-21-10-4-1-5-11-21)27-26(28-25)34(31,32)20-23-14-8-3-9-15-23/h1-15,18H,16-17,19-20H2. The molecule has 174 valence electrons. The van der Waals surface area contributed by atoms with Gasteiger partial charge in [-0.15, -0.1) is 0 Å². The average Bonchev–Trinajstić information content (AvgIpc) is 2.84. The number of sulfone groups is 2. The fraction of sp³-hybridized carbons (Fsp3) is 0.154. The quantitative estimate of drug-likeness (QED) is 0.257. The highest BCUT2D eigenvalue weighted by Gasteiger charge is 2.25. The highest BCUT2D eigenvalue weighted by molar-refractivity contribution is 7.91. The summed E-state index contributed by atoms with van der Waals surface area (Å²) in [6, 6.07) is 28.5. The summed E-state index contributed by atoms with van der Waals surface area (Å²) in [7, 11) is -7.85. The van der Waals surface area contributed by atoms with Crippen molar-refractivity contribution >= 4 is 19.7 Å². The lowest BCUT2D eigenvalue weighted by molar-refractivity contribution is 0.575. The fourth-order valence-corrected chi connectivity index (χ4v) is 6.15. The van der Waals surface area contributed by atoms with Crippen molar-refractivity contribution in [3.63, 3.8) is 0 Å². The summed E-state index contributed by atoms with van der Waals surface area (Å²) in [6.45, 7) is 0. The lowest BCUT2D eigenvalue weighted by Crippen LogP contribution is -2.16. The SMILES string of the molecule is O=S(=O)(Cc1ccccc1)c1cc(CCc2ccccc2)nc(S(=O)(=O)Cc2ccccc2)n1. The Hall–Kier alpha value is -3.36. The molecule has 0 aliphatic rings. The first-order chi connectivity index (χ1) is 16.3. The van der Waals surface area contributed by atoms with E-state index in [1.165, 1.54) is 6.07 Å². The average molecular weight is 493 g/mol. The molecule has 0 fully saturated rings. The molecule has 0 radical (unpaired) electrons. The molecule has 6 nitrogen and oxygen atoms in total. The van der Waals surface area contributed by atoms with Crippen LogP contribution < -0.4 is 0 Å². The van der Waals surface area contributed by atoms with Crippen LogP contribution in [-0.2, 0) is 44.0 Å². The van der Waals surface area contributed by atoms with Crippen LogP contribution in [0.1, 0.15) is 22.4 Å². The van der Waals surface area contributed by atoms with Gasteiger partial charge in [0.1, 0.15) is 0 Å². The Bertz CT molecular complexity index is 1370. The largest absolute Gasteiger partial charge is 0.248 e. The number of benzene rings is 3. The minimum absolute atomic E-state index is 0.277. The number of rotatable bonds is 9. The Balaban J connectivity index is 1.71. The molecule has 4 aromatic rings. The zero-order valence-corrected chi connectivity index (χ0v) is 20.0. The van der Waals surface area contributed by atoms with Crippen LogP contribution in [0.4, 0.5) is 0 Å². The maximum absolute atomic E-state index is 13.2. The summed E-state index contributed by atoms with van der Waals surface area (Å²) in [4.78, 5) is 8.31. The van der Waals surface area contributed by atoms with Gasteiger partial charge < -0.3 is 0 Å². The number of hydrogen-bond acceptors (Lipinski definition) is 6. The fourth-order valence-electron chi connectivity index (χ4n) is 3.52. The van der Waals surface area contributed by atoms with Gasteiger partial charge >= 0.3 is 0 Å². The van der Waals surface area contributed by atoms with E-state index in [0.717, 1.165) is 5.56 Å². The third-order valence-corrected chi connectivity index (χ3v) is 8.26. The van der Waals surface area contributed by atoms with Crippen molar-refractivity contribution in [2.24, 2.45) is 0 Å². The molecule has 0 N–H and O–H groups in total. The first-order valence-electron chi connectivity index (χ1n) is 10.8. The molecule has 0 aliphatic carbocycles. The van der Waals surface area contributed by atoms with E-state index in [0.29, 0.717) is 29.7 Å². The van der Waals surface area contributed by atoms with Crippen molar-refractivity contribution in [2.75, 3.05) is 0 Å². The number of aryl methyl sites for hydroxylation is 2. The maximum Gasteiger partial charge on any atom is 0.248 e. The van der Waals surface area contributed by atoms with Gasteiger partial charge in [0, 0.05) is 5.69 Å². The van der Waals surface area contributed by atoms with Gasteiger partial charge in [-0.1, -0.05) is 91.0 Å². The Kier molecular flexibility index (Phi) is 7.19. The van der Waals surface area contributed by atoms with Crippen LogP contribution >= 0.6 is 0 Å². The molecule has 0 spiro atoms. The van der Waals surface area contributed by atoms with Gasteiger partial charge in [0.2, 0.25) is 15.0 Å². The second-order valence-corrected chi connectivity index (χ2v) is 11.8. The van der Waals surface area contributed by atoms with Gasteiger partial charge in [-0.2, -0.15) is 0 Å². The van der Waals surface area contributed by atoms with E-state index in [1.54, 1.807) is 60.7 Å². The van der Waals surface area contributed by atoms with Gasteiger partial charge in [-0.25, -0.2) is 26.8 Å². The minimum atomic E-state index is -3.96. The van der Waals surface area contributed by atoms with Crippen LogP contribution in [-0.4, -0.2) is 26.8 Å². The molecule has 0 saturated heterocycles. The van der Waals surface area contributed by atoms with Crippen LogP contribution in [0.15, 0.2) is 107 Å². The first kappa shape index (κ1) is 23.8. The van der Waals surface area contributed by atoms with Gasteiger partial charge in [0.05, 0.1) is 11.5 Å². The Morgan fingerprint density at radius 3 is 1.53 bits per heavy atom. The van der Waals surface area contributed by atoms with Crippen LogP contribution in [0.3, 0.4) is 0 Å². The second kappa shape index (κ2) is 10.3. The molecule has 0 unspecified atom stereocenters. The predicted molar refractivity (Wildman–Crippen MR) is 131 cm³/mol. The van der Waals surface area contributed by atoms with Crippen molar-refractivity contribution in [3.05, 3.63) is 119 Å². The third kappa shape index (κ3) is 6.15. The van der Waals surface area contributed by atoms with Crippen LogP contribution in [0.2, 0.25) is 0 Å². The monoisotopic (exact) mass is 492 g/mol. The lowest BCUT2D eigenvalue weighted by Gasteiger charge is -2.10. The van der Waals surface area contributed by atoms with Crippen LogP contribution in [0.25, 0.3) is 0 Å². The molecule has 0 atom stereocenters. The molecule has 4 rings (SSSR count). The van der Waals surface area contributed by atoms with E-state index in [9.17, 15) is 16.8 Å². The molecule has 0 amide bonds. The zero-order valence-electron chi connectivity index (χ0n) is 18.4. The number of hydrogen-bond donors (Lipinski definition) is 0. The summed E-state index contributed by atoms with van der Waals surface area (Å²) >= 11 is 0. The van der Waals surface area contributed by atoms with Crippen molar-refractivity contribution in [2.45, 2.75) is 34.5 Å². The number of aromatic nitrogens is 2. The molecule has 0 aliphatic heterocycles. The van der Waals surface area contributed by atoms with Gasteiger partial charge in [-0.05, 0) is 35.6 Å². The summed E-state index contributed by atoms with van der Waals surface area (Å²) in [5, 5.41) is -0.741. The Labute approximate surface area is 200 Å². The zero-order chi connectivity index (χ0) is 24.0. The summed E-state index contributed by atoms with van der Waals surface area (Å²) < 4.78 is 52.7. The van der Waals surface area contributed by atoms with Gasteiger partial charge in [-0.3, -0.25) is 0 Å². The molecule has 0 bridgehead atoms. The van der Waals surface area contributed by atoms with Gasteiger partial charge in [0.25, 0.3) is 0 Å². The normalized spacial score (nSPS) is 11.9. The van der Waals surface area contributed by atoms with E-state index in [2.05, 4.69) is 9.97 Å². The summed E-state index contributed by atoms with van der Waals surface area (Å²) in [5.74, 6) is -0.588. The Morgan fingerprint density at radius 1 is 0.529 bits per heavy atom. The molecular weight excluding hydrogens is 468 g/mol. The maximum atomic E-state index is 13.2. The molecule has 34 heavy (non-hydrogen) atoms. The van der Waals surface area contributed by atoms with E-state index < -0.39 is 24.8 Å². The topological polar surface area (TPSA) is 94.1 Å².